The maximum atomic E-state index is 11.2. The minimum atomic E-state index is -1.13. The molecule has 16 heavy (non-hydrogen) atoms. The summed E-state index contributed by atoms with van der Waals surface area (Å²) in [4.78, 5) is 32.5. The van der Waals surface area contributed by atoms with Gasteiger partial charge in [0.2, 0.25) is 5.91 Å². The first-order valence-electron chi connectivity index (χ1n) is 4.74. The van der Waals surface area contributed by atoms with Gasteiger partial charge in [-0.05, 0) is 20.8 Å². The van der Waals surface area contributed by atoms with Crippen molar-refractivity contribution in [3.8, 4) is 0 Å². The van der Waals surface area contributed by atoms with Crippen LogP contribution in [-0.4, -0.2) is 35.6 Å². The third-order valence-electron chi connectivity index (χ3n) is 2.08. The van der Waals surface area contributed by atoms with Gasteiger partial charge in [-0.1, -0.05) is 0 Å². The number of nitrogens with two attached hydrogens (primary N) is 1. The quantitative estimate of drug-likeness (QED) is 0.498. The van der Waals surface area contributed by atoms with Crippen LogP contribution in [-0.2, 0) is 9.59 Å². The zero-order valence-corrected chi connectivity index (χ0v) is 9.53. The van der Waals surface area contributed by atoms with Crippen LogP contribution in [0.4, 0.5) is 4.79 Å². The van der Waals surface area contributed by atoms with E-state index in [2.05, 4.69) is 10.6 Å². The van der Waals surface area contributed by atoms with Crippen molar-refractivity contribution in [1.82, 2.24) is 10.6 Å². The van der Waals surface area contributed by atoms with E-state index in [0.29, 0.717) is 0 Å². The molecule has 5 N–H and O–H groups in total. The molecule has 0 aromatic carbocycles. The van der Waals surface area contributed by atoms with Crippen LogP contribution < -0.4 is 16.4 Å². The summed E-state index contributed by atoms with van der Waals surface area (Å²) in [6, 6.07) is -1.64. The Morgan fingerprint density at radius 2 is 1.88 bits per heavy atom. The molecule has 0 saturated carbocycles. The van der Waals surface area contributed by atoms with Gasteiger partial charge in [-0.25, -0.2) is 4.79 Å². The average Bonchev–Trinajstić information content (AvgIpc) is 2.14. The Hall–Kier alpha value is -1.79. The molecule has 1 atom stereocenters. The summed E-state index contributed by atoms with van der Waals surface area (Å²) in [7, 11) is 0. The molecule has 0 fully saturated rings. The van der Waals surface area contributed by atoms with E-state index in [-0.39, 0.29) is 6.54 Å². The first-order valence-corrected chi connectivity index (χ1v) is 4.74. The molecule has 0 heterocycles. The number of hydrogen-bond donors (Lipinski definition) is 4. The lowest BCUT2D eigenvalue weighted by atomic mass is 9.93. The monoisotopic (exact) mass is 231 g/mol. The first kappa shape index (κ1) is 14.2. The molecule has 0 aromatic heterocycles. The molecule has 0 bridgehead atoms. The van der Waals surface area contributed by atoms with Crippen molar-refractivity contribution in [3.05, 3.63) is 0 Å². The molecular formula is C9H17N3O4. The van der Waals surface area contributed by atoms with Crippen LogP contribution in [0.1, 0.15) is 20.8 Å². The largest absolute Gasteiger partial charge is 0.480 e. The number of carbonyl (C=O) groups is 3. The first-order chi connectivity index (χ1) is 7.16. The van der Waals surface area contributed by atoms with Gasteiger partial charge in [0, 0.05) is 6.54 Å². The van der Waals surface area contributed by atoms with E-state index in [4.69, 9.17) is 10.8 Å². The minimum Gasteiger partial charge on any atom is -0.480 e. The zero-order valence-electron chi connectivity index (χ0n) is 9.53. The number of carboxylic acids is 1. The van der Waals surface area contributed by atoms with Crippen LogP contribution in [0.3, 0.4) is 0 Å². The standard InChI is InChI=1S/C9H17N3O4/c1-5(6(13)14)12-8(16)11-4-9(2,3)7(10)15/h5H,4H2,1-3H3,(H2,10,15)(H,13,14)(H2,11,12,16)/t5-/m1/s1. The SMILES string of the molecule is C[C@@H](NC(=O)NCC(C)(C)C(N)=O)C(=O)O. The van der Waals surface area contributed by atoms with Gasteiger partial charge in [0.25, 0.3) is 0 Å². The molecule has 3 amide bonds. The van der Waals surface area contributed by atoms with Gasteiger partial charge in [-0.3, -0.25) is 9.59 Å². The molecule has 7 nitrogen and oxygen atoms in total. The Kier molecular flexibility index (Phi) is 4.74. The average molecular weight is 231 g/mol. The summed E-state index contributed by atoms with van der Waals surface area (Å²) in [6.07, 6.45) is 0. The van der Waals surface area contributed by atoms with Gasteiger partial charge in [0.1, 0.15) is 6.04 Å². The highest BCUT2D eigenvalue weighted by molar-refractivity contribution is 5.83. The van der Waals surface area contributed by atoms with Gasteiger partial charge in [-0.2, -0.15) is 0 Å². The second-order valence-corrected chi connectivity index (χ2v) is 4.14. The molecule has 0 aliphatic heterocycles. The fourth-order valence-corrected chi connectivity index (χ4v) is 0.698. The van der Waals surface area contributed by atoms with Crippen LogP contribution >= 0.6 is 0 Å². The highest BCUT2D eigenvalue weighted by Gasteiger charge is 2.25. The molecule has 92 valence electrons. The molecular weight excluding hydrogens is 214 g/mol. The van der Waals surface area contributed by atoms with Crippen molar-refractivity contribution in [2.75, 3.05) is 6.54 Å². The Labute approximate surface area is 93.4 Å². The highest BCUT2D eigenvalue weighted by atomic mass is 16.4. The van der Waals surface area contributed by atoms with E-state index in [0.717, 1.165) is 0 Å². The van der Waals surface area contributed by atoms with E-state index in [1.54, 1.807) is 13.8 Å². The van der Waals surface area contributed by atoms with E-state index < -0.39 is 29.4 Å². The second kappa shape index (κ2) is 5.34. The predicted octanol–water partition coefficient (Wildman–Crippen LogP) is -0.730. The van der Waals surface area contributed by atoms with Gasteiger partial charge < -0.3 is 21.5 Å². The molecule has 7 heteroatoms. The number of hydrogen-bond acceptors (Lipinski definition) is 3. The molecule has 0 spiro atoms. The summed E-state index contributed by atoms with van der Waals surface area (Å²) in [5.41, 5.74) is 4.23. The minimum absolute atomic E-state index is 0.0422. The topological polar surface area (TPSA) is 122 Å². The molecule has 0 saturated heterocycles. The van der Waals surface area contributed by atoms with Crippen LogP contribution in [0, 0.1) is 5.41 Å². The molecule has 0 rings (SSSR count). The molecule has 0 unspecified atom stereocenters. The fourth-order valence-electron chi connectivity index (χ4n) is 0.698. The Balaban J connectivity index is 4.09. The van der Waals surface area contributed by atoms with Crippen molar-refractivity contribution < 1.29 is 19.5 Å². The number of urea groups is 1. The smallest absolute Gasteiger partial charge is 0.325 e. The summed E-state index contributed by atoms with van der Waals surface area (Å²) in [5.74, 6) is -1.68. The second-order valence-electron chi connectivity index (χ2n) is 4.14. The van der Waals surface area contributed by atoms with Crippen LogP contribution in [0.25, 0.3) is 0 Å². The molecule has 0 aromatic rings. The van der Waals surface area contributed by atoms with Crippen molar-refractivity contribution in [3.63, 3.8) is 0 Å². The molecule has 0 aliphatic carbocycles. The van der Waals surface area contributed by atoms with Crippen LogP contribution in [0.2, 0.25) is 0 Å². The third-order valence-corrected chi connectivity index (χ3v) is 2.08. The van der Waals surface area contributed by atoms with E-state index in [1.807, 2.05) is 0 Å². The summed E-state index contributed by atoms with van der Waals surface area (Å²) >= 11 is 0. The normalized spacial score (nSPS) is 12.7. The fraction of sp³-hybridized carbons (Fsp3) is 0.667. The van der Waals surface area contributed by atoms with Gasteiger partial charge in [0.05, 0.1) is 5.41 Å². The maximum Gasteiger partial charge on any atom is 0.325 e. The number of carbonyl (C=O) groups excluding carboxylic acids is 2. The van der Waals surface area contributed by atoms with Gasteiger partial charge in [0.15, 0.2) is 0 Å². The van der Waals surface area contributed by atoms with Crippen molar-refractivity contribution in [2.45, 2.75) is 26.8 Å². The maximum absolute atomic E-state index is 11.2. The Morgan fingerprint density at radius 3 is 2.25 bits per heavy atom. The van der Waals surface area contributed by atoms with Crippen molar-refractivity contribution in [2.24, 2.45) is 11.1 Å². The van der Waals surface area contributed by atoms with E-state index in [9.17, 15) is 14.4 Å². The number of aliphatic carboxylic acids is 1. The number of rotatable bonds is 5. The summed E-state index contributed by atoms with van der Waals surface area (Å²) in [6.45, 7) is 4.54. The number of amides is 3. The van der Waals surface area contributed by atoms with E-state index >= 15 is 0 Å². The predicted molar refractivity (Wildman–Crippen MR) is 56.6 cm³/mol. The Morgan fingerprint density at radius 1 is 1.38 bits per heavy atom. The van der Waals surface area contributed by atoms with Crippen molar-refractivity contribution in [1.29, 1.82) is 0 Å². The zero-order chi connectivity index (χ0) is 12.9. The lowest BCUT2D eigenvalue weighted by Crippen LogP contribution is -2.49. The third kappa shape index (κ3) is 4.63. The van der Waals surface area contributed by atoms with E-state index in [1.165, 1.54) is 6.92 Å². The summed E-state index contributed by atoms with van der Waals surface area (Å²) in [5, 5.41) is 13.1. The van der Waals surface area contributed by atoms with Gasteiger partial charge >= 0.3 is 12.0 Å². The number of carboxylic acid groups (broad SMARTS) is 1. The highest BCUT2D eigenvalue weighted by Crippen LogP contribution is 2.11. The molecule has 0 aliphatic rings. The Bertz CT molecular complexity index is 301. The lowest BCUT2D eigenvalue weighted by molar-refractivity contribution is -0.138. The van der Waals surface area contributed by atoms with Crippen LogP contribution in [0.5, 0.6) is 0 Å². The number of primary amides is 1. The van der Waals surface area contributed by atoms with Crippen LogP contribution in [0.15, 0.2) is 0 Å². The summed E-state index contributed by atoms with van der Waals surface area (Å²) < 4.78 is 0. The van der Waals surface area contributed by atoms with Gasteiger partial charge in [-0.15, -0.1) is 0 Å². The van der Waals surface area contributed by atoms with Crippen molar-refractivity contribution >= 4 is 17.9 Å². The lowest BCUT2D eigenvalue weighted by Gasteiger charge is -2.21. The molecule has 0 radical (unpaired) electrons. The number of nitrogens with one attached hydrogen (secondary N) is 2.